The van der Waals surface area contributed by atoms with Crippen molar-refractivity contribution in [2.45, 2.75) is 40.3 Å². The first kappa shape index (κ1) is 20.1. The van der Waals surface area contributed by atoms with E-state index in [1.54, 1.807) is 10.9 Å². The molecule has 0 bridgehead atoms. The van der Waals surface area contributed by atoms with Gasteiger partial charge >= 0.3 is 5.69 Å². The Morgan fingerprint density at radius 2 is 2.04 bits per heavy atom. The minimum atomic E-state index is -0.551. The lowest BCUT2D eigenvalue weighted by Gasteiger charge is -2.08. The maximum Gasteiger partial charge on any atom is 0.306 e. The van der Waals surface area contributed by atoms with E-state index in [4.69, 9.17) is 0 Å². The molecule has 2 aromatic rings. The van der Waals surface area contributed by atoms with E-state index in [2.05, 4.69) is 20.8 Å². The van der Waals surface area contributed by atoms with Gasteiger partial charge in [-0.1, -0.05) is 13.8 Å². The molecule has 0 aliphatic rings. The quantitative estimate of drug-likeness (QED) is 0.501. The van der Waals surface area contributed by atoms with Crippen molar-refractivity contribution in [1.82, 2.24) is 24.9 Å². The molecule has 0 aliphatic heterocycles. The summed E-state index contributed by atoms with van der Waals surface area (Å²) >= 11 is 0. The minimum Gasteiger partial charge on any atom is -0.350 e. The highest BCUT2D eigenvalue weighted by Gasteiger charge is 2.19. The van der Waals surface area contributed by atoms with Crippen LogP contribution in [0.3, 0.4) is 0 Å². The average molecular weight is 377 g/mol. The Morgan fingerprint density at radius 1 is 1.30 bits per heavy atom. The van der Waals surface area contributed by atoms with Crippen molar-refractivity contribution in [3.8, 4) is 0 Å². The normalized spacial score (nSPS) is 10.8. The van der Waals surface area contributed by atoms with E-state index in [0.717, 1.165) is 6.20 Å². The van der Waals surface area contributed by atoms with Crippen LogP contribution in [0.25, 0.3) is 0 Å². The van der Waals surface area contributed by atoms with E-state index in [9.17, 15) is 19.7 Å². The molecular formula is C16H23N7O4. The Morgan fingerprint density at radius 3 is 2.63 bits per heavy atom. The topological polar surface area (TPSA) is 137 Å². The van der Waals surface area contributed by atoms with Crippen molar-refractivity contribution in [3.05, 3.63) is 34.4 Å². The second-order valence-corrected chi connectivity index (χ2v) is 6.37. The predicted molar refractivity (Wildman–Crippen MR) is 97.2 cm³/mol. The zero-order chi connectivity index (χ0) is 20.0. The maximum absolute atomic E-state index is 12.3. The Kier molecular flexibility index (Phi) is 6.63. The SMILES string of the molecule is CCn1cc(NC(=O)CCn2cc([N+](=O)[O-])cn2)c(C(=O)NCC(C)C)n1. The summed E-state index contributed by atoms with van der Waals surface area (Å²) in [6.07, 6.45) is 4.03. The lowest BCUT2D eigenvalue weighted by Crippen LogP contribution is -2.29. The number of rotatable bonds is 9. The van der Waals surface area contributed by atoms with Gasteiger partial charge in [-0.3, -0.25) is 29.1 Å². The van der Waals surface area contributed by atoms with Gasteiger partial charge in [-0.2, -0.15) is 10.2 Å². The first-order valence-corrected chi connectivity index (χ1v) is 8.62. The Balaban J connectivity index is 2.00. The number of nitrogens with zero attached hydrogens (tertiary/aromatic N) is 5. The smallest absolute Gasteiger partial charge is 0.306 e. The molecule has 11 heteroatoms. The molecule has 0 aromatic carbocycles. The molecule has 2 rings (SSSR count). The number of aromatic nitrogens is 4. The van der Waals surface area contributed by atoms with E-state index in [1.807, 2.05) is 20.8 Å². The number of nitro groups is 1. The largest absolute Gasteiger partial charge is 0.350 e. The van der Waals surface area contributed by atoms with Gasteiger partial charge in [0.2, 0.25) is 5.91 Å². The molecule has 2 aromatic heterocycles. The molecular weight excluding hydrogens is 354 g/mol. The number of hydrogen-bond acceptors (Lipinski definition) is 6. The first-order valence-electron chi connectivity index (χ1n) is 8.62. The lowest BCUT2D eigenvalue weighted by molar-refractivity contribution is -0.385. The van der Waals surface area contributed by atoms with Gasteiger partial charge in [-0.15, -0.1) is 0 Å². The summed E-state index contributed by atoms with van der Waals surface area (Å²) in [7, 11) is 0. The molecule has 146 valence electrons. The monoisotopic (exact) mass is 377 g/mol. The van der Waals surface area contributed by atoms with E-state index in [-0.39, 0.29) is 36.2 Å². The lowest BCUT2D eigenvalue weighted by atomic mass is 10.2. The fraction of sp³-hybridized carbons (Fsp3) is 0.500. The molecule has 0 saturated carbocycles. The summed E-state index contributed by atoms with van der Waals surface area (Å²) in [5.74, 6) is -0.408. The van der Waals surface area contributed by atoms with E-state index in [1.165, 1.54) is 10.9 Å². The van der Waals surface area contributed by atoms with E-state index in [0.29, 0.717) is 24.7 Å². The maximum atomic E-state index is 12.3. The van der Waals surface area contributed by atoms with Gasteiger partial charge < -0.3 is 10.6 Å². The molecule has 2 amide bonds. The van der Waals surface area contributed by atoms with E-state index >= 15 is 0 Å². The Bertz CT molecular complexity index is 825. The van der Waals surface area contributed by atoms with Crippen LogP contribution in [0.1, 0.15) is 37.7 Å². The second-order valence-electron chi connectivity index (χ2n) is 6.37. The number of amides is 2. The van der Waals surface area contributed by atoms with Crippen LogP contribution in [0.5, 0.6) is 0 Å². The second kappa shape index (κ2) is 8.92. The molecule has 27 heavy (non-hydrogen) atoms. The number of aryl methyl sites for hydroxylation is 2. The van der Waals surface area contributed by atoms with Crippen LogP contribution in [-0.4, -0.2) is 42.8 Å². The molecule has 2 heterocycles. The average Bonchev–Trinajstić information content (AvgIpc) is 3.24. The number of anilines is 1. The van der Waals surface area contributed by atoms with Crippen molar-refractivity contribution in [2.75, 3.05) is 11.9 Å². The summed E-state index contributed by atoms with van der Waals surface area (Å²) in [6.45, 7) is 7.07. The van der Waals surface area contributed by atoms with Crippen molar-refractivity contribution in [3.63, 3.8) is 0 Å². The summed E-state index contributed by atoms with van der Waals surface area (Å²) in [6, 6.07) is 0. The van der Waals surface area contributed by atoms with E-state index < -0.39 is 4.92 Å². The highest BCUT2D eigenvalue weighted by molar-refractivity contribution is 6.02. The van der Waals surface area contributed by atoms with Gasteiger partial charge in [0.1, 0.15) is 12.4 Å². The predicted octanol–water partition coefficient (Wildman–Crippen LogP) is 1.42. The zero-order valence-corrected chi connectivity index (χ0v) is 15.5. The van der Waals surface area contributed by atoms with Crippen molar-refractivity contribution < 1.29 is 14.5 Å². The molecule has 11 nitrogen and oxygen atoms in total. The molecule has 0 atom stereocenters. The van der Waals surface area contributed by atoms with Crippen LogP contribution in [-0.2, 0) is 17.9 Å². The van der Waals surface area contributed by atoms with Crippen molar-refractivity contribution >= 4 is 23.2 Å². The van der Waals surface area contributed by atoms with Gasteiger partial charge in [0.15, 0.2) is 5.69 Å². The molecule has 2 N–H and O–H groups in total. The third-order valence-electron chi connectivity index (χ3n) is 3.64. The molecule has 0 aliphatic carbocycles. The van der Waals surface area contributed by atoms with Crippen molar-refractivity contribution in [2.24, 2.45) is 5.92 Å². The van der Waals surface area contributed by atoms with Gasteiger partial charge in [0.25, 0.3) is 5.91 Å². The van der Waals surface area contributed by atoms with Crippen LogP contribution in [0.15, 0.2) is 18.6 Å². The number of nitrogens with one attached hydrogen (secondary N) is 2. The fourth-order valence-electron chi connectivity index (χ4n) is 2.22. The third kappa shape index (κ3) is 5.62. The van der Waals surface area contributed by atoms with Crippen LogP contribution in [0.4, 0.5) is 11.4 Å². The highest BCUT2D eigenvalue weighted by Crippen LogP contribution is 2.15. The number of hydrogen-bond donors (Lipinski definition) is 2. The zero-order valence-electron chi connectivity index (χ0n) is 15.5. The molecule has 0 saturated heterocycles. The molecule has 0 radical (unpaired) electrons. The van der Waals surface area contributed by atoms with Gasteiger partial charge in [0, 0.05) is 32.3 Å². The molecule has 0 unspecified atom stereocenters. The summed E-state index contributed by atoms with van der Waals surface area (Å²) in [4.78, 5) is 34.6. The summed E-state index contributed by atoms with van der Waals surface area (Å²) in [5.41, 5.74) is 0.346. The summed E-state index contributed by atoms with van der Waals surface area (Å²) < 4.78 is 2.89. The third-order valence-corrected chi connectivity index (χ3v) is 3.64. The van der Waals surface area contributed by atoms with Gasteiger partial charge in [-0.25, -0.2) is 0 Å². The van der Waals surface area contributed by atoms with Gasteiger partial charge in [-0.05, 0) is 12.8 Å². The summed E-state index contributed by atoms with van der Waals surface area (Å²) in [5, 5.41) is 24.1. The van der Waals surface area contributed by atoms with Crippen LogP contribution in [0, 0.1) is 16.0 Å². The van der Waals surface area contributed by atoms with Crippen LogP contribution < -0.4 is 10.6 Å². The number of carbonyl (C=O) groups is 2. The highest BCUT2D eigenvalue weighted by atomic mass is 16.6. The minimum absolute atomic E-state index is 0.0448. The van der Waals surface area contributed by atoms with Gasteiger partial charge in [0.05, 0.1) is 10.6 Å². The fourth-order valence-corrected chi connectivity index (χ4v) is 2.22. The first-order chi connectivity index (χ1) is 12.8. The molecule has 0 fully saturated rings. The standard InChI is InChI=1S/C16H23N7O4/c1-4-21-10-13(15(20-21)16(25)17-7-11(2)3)19-14(24)5-6-22-9-12(8-18-22)23(26)27/h8-11H,4-7H2,1-3H3,(H,17,25)(H,19,24). The molecule has 0 spiro atoms. The Hall–Kier alpha value is -3.24. The van der Waals surface area contributed by atoms with Crippen LogP contribution >= 0.6 is 0 Å². The number of carbonyl (C=O) groups excluding carboxylic acids is 2. The van der Waals surface area contributed by atoms with Crippen LogP contribution in [0.2, 0.25) is 0 Å². The van der Waals surface area contributed by atoms with Crippen molar-refractivity contribution in [1.29, 1.82) is 0 Å². The Labute approximate surface area is 155 Å².